The van der Waals surface area contributed by atoms with Crippen LogP contribution in [-0.2, 0) is 6.61 Å². The van der Waals surface area contributed by atoms with E-state index in [1.54, 1.807) is 13.2 Å². The Morgan fingerprint density at radius 1 is 0.900 bits per heavy atom. The molecule has 0 atom stereocenters. The fourth-order valence-corrected chi connectivity index (χ4v) is 3.32. The number of methoxy groups -OCH3 is 1. The summed E-state index contributed by atoms with van der Waals surface area (Å²) in [7, 11) is 1.59. The summed E-state index contributed by atoms with van der Waals surface area (Å²) in [5, 5.41) is 12.4. The molecule has 0 aliphatic heterocycles. The molecule has 0 N–H and O–H groups in total. The lowest BCUT2D eigenvalue weighted by molar-refractivity contribution is -0.597. The molecule has 150 valence electrons. The third kappa shape index (κ3) is 4.10. The standard InChI is InChI=1S/C25H22N2O3/c1-18-14-20(12-13-24(18)30-16-19-8-4-3-5-9-19)22-15-23(27(28)17-26-22)21-10-6-7-11-25(21)29-2/h3-15,17H,16H2,1-2H3. The highest BCUT2D eigenvalue weighted by molar-refractivity contribution is 5.70. The van der Waals surface area contributed by atoms with Gasteiger partial charge in [-0.05, 0) is 53.4 Å². The molecule has 4 aromatic rings. The zero-order chi connectivity index (χ0) is 20.9. The fourth-order valence-electron chi connectivity index (χ4n) is 3.32. The van der Waals surface area contributed by atoms with Gasteiger partial charge in [0, 0.05) is 11.6 Å². The lowest BCUT2D eigenvalue weighted by Gasteiger charge is -2.13. The molecule has 0 saturated carbocycles. The van der Waals surface area contributed by atoms with E-state index >= 15 is 0 Å². The van der Waals surface area contributed by atoms with Crippen LogP contribution in [0.3, 0.4) is 0 Å². The van der Waals surface area contributed by atoms with Crippen molar-refractivity contribution in [1.82, 2.24) is 4.98 Å². The number of hydrogen-bond donors (Lipinski definition) is 0. The molecule has 0 aliphatic rings. The third-order valence-corrected chi connectivity index (χ3v) is 4.90. The first kappa shape index (κ1) is 19.5. The summed E-state index contributed by atoms with van der Waals surface area (Å²) in [6.07, 6.45) is 1.28. The summed E-state index contributed by atoms with van der Waals surface area (Å²) in [4.78, 5) is 4.32. The van der Waals surface area contributed by atoms with Crippen LogP contribution < -0.4 is 14.2 Å². The molecule has 0 fully saturated rings. The highest BCUT2D eigenvalue weighted by Gasteiger charge is 2.16. The average Bonchev–Trinajstić information content (AvgIpc) is 2.79. The number of aryl methyl sites for hydroxylation is 1. The second kappa shape index (κ2) is 8.66. The quantitative estimate of drug-likeness (QED) is 0.341. The molecular formula is C25H22N2O3. The number of para-hydroxylation sites is 1. The fraction of sp³-hybridized carbons (Fsp3) is 0.120. The summed E-state index contributed by atoms with van der Waals surface area (Å²) in [5.41, 5.74) is 4.95. The molecule has 5 heteroatoms. The van der Waals surface area contributed by atoms with Crippen LogP contribution >= 0.6 is 0 Å². The maximum Gasteiger partial charge on any atom is 0.290 e. The Bertz CT molecular complexity index is 1160. The van der Waals surface area contributed by atoms with Gasteiger partial charge in [0.25, 0.3) is 6.33 Å². The predicted octanol–water partition coefficient (Wildman–Crippen LogP) is 4.95. The zero-order valence-electron chi connectivity index (χ0n) is 16.9. The van der Waals surface area contributed by atoms with Gasteiger partial charge in [0.1, 0.15) is 23.8 Å². The molecule has 0 saturated heterocycles. The Morgan fingerprint density at radius 3 is 2.43 bits per heavy atom. The molecule has 0 amide bonds. The van der Waals surface area contributed by atoms with E-state index in [9.17, 15) is 5.21 Å². The van der Waals surface area contributed by atoms with Crippen molar-refractivity contribution in [2.24, 2.45) is 0 Å². The van der Waals surface area contributed by atoms with Gasteiger partial charge in [0.15, 0.2) is 5.69 Å². The van der Waals surface area contributed by atoms with Crippen LogP contribution in [0, 0.1) is 12.1 Å². The topological polar surface area (TPSA) is 58.3 Å². The smallest absolute Gasteiger partial charge is 0.290 e. The maximum absolute atomic E-state index is 12.4. The van der Waals surface area contributed by atoms with Gasteiger partial charge in [-0.2, -0.15) is 0 Å². The van der Waals surface area contributed by atoms with E-state index in [4.69, 9.17) is 9.47 Å². The van der Waals surface area contributed by atoms with Crippen molar-refractivity contribution in [3.8, 4) is 34.0 Å². The normalized spacial score (nSPS) is 10.6. The molecule has 3 aromatic carbocycles. The highest BCUT2D eigenvalue weighted by Crippen LogP contribution is 2.30. The minimum atomic E-state index is 0.486. The van der Waals surface area contributed by atoms with Gasteiger partial charge < -0.3 is 14.7 Å². The molecule has 30 heavy (non-hydrogen) atoms. The maximum atomic E-state index is 12.4. The SMILES string of the molecule is COc1ccccc1-c1cc(-c2ccc(OCc3ccccc3)c(C)c2)nc[n+]1[O-]. The highest BCUT2D eigenvalue weighted by atomic mass is 16.5. The average molecular weight is 398 g/mol. The lowest BCUT2D eigenvalue weighted by atomic mass is 10.0. The zero-order valence-corrected chi connectivity index (χ0v) is 16.9. The second-order valence-electron chi connectivity index (χ2n) is 6.94. The van der Waals surface area contributed by atoms with Crippen LogP contribution in [0.25, 0.3) is 22.5 Å². The van der Waals surface area contributed by atoms with Crippen LogP contribution in [0.4, 0.5) is 0 Å². The first-order valence-corrected chi connectivity index (χ1v) is 9.66. The predicted molar refractivity (Wildman–Crippen MR) is 116 cm³/mol. The number of aromatic nitrogens is 2. The number of hydrogen-bond acceptors (Lipinski definition) is 4. The Hall–Kier alpha value is -3.86. The van der Waals surface area contributed by atoms with Crippen LogP contribution in [0.2, 0.25) is 0 Å². The van der Waals surface area contributed by atoms with E-state index in [1.165, 1.54) is 6.33 Å². The monoisotopic (exact) mass is 398 g/mol. The number of nitrogens with zero attached hydrogens (tertiary/aromatic N) is 2. The number of ether oxygens (including phenoxy) is 2. The van der Waals surface area contributed by atoms with E-state index < -0.39 is 0 Å². The summed E-state index contributed by atoms with van der Waals surface area (Å²) < 4.78 is 12.1. The minimum absolute atomic E-state index is 0.486. The first-order chi connectivity index (χ1) is 14.7. The van der Waals surface area contributed by atoms with E-state index in [0.29, 0.717) is 23.7 Å². The van der Waals surface area contributed by atoms with Crippen LogP contribution in [0.5, 0.6) is 11.5 Å². The summed E-state index contributed by atoms with van der Waals surface area (Å²) in [6, 6.07) is 25.2. The summed E-state index contributed by atoms with van der Waals surface area (Å²) >= 11 is 0. The number of benzene rings is 3. The van der Waals surface area contributed by atoms with E-state index in [0.717, 1.165) is 32.7 Å². The van der Waals surface area contributed by atoms with Crippen molar-refractivity contribution in [2.75, 3.05) is 7.11 Å². The lowest BCUT2D eigenvalue weighted by Crippen LogP contribution is -2.29. The van der Waals surface area contributed by atoms with Crippen molar-refractivity contribution in [3.05, 3.63) is 102 Å². The molecule has 0 unspecified atom stereocenters. The molecule has 1 aromatic heterocycles. The minimum Gasteiger partial charge on any atom is -0.710 e. The molecule has 0 aliphatic carbocycles. The van der Waals surface area contributed by atoms with Crippen molar-refractivity contribution < 1.29 is 14.2 Å². The second-order valence-corrected chi connectivity index (χ2v) is 6.94. The summed E-state index contributed by atoms with van der Waals surface area (Å²) in [5.74, 6) is 1.46. The van der Waals surface area contributed by atoms with Gasteiger partial charge in [-0.1, -0.05) is 42.5 Å². The van der Waals surface area contributed by atoms with E-state index in [1.807, 2.05) is 79.7 Å². The van der Waals surface area contributed by atoms with Gasteiger partial charge in [0.2, 0.25) is 0 Å². The molecule has 0 bridgehead atoms. The number of rotatable bonds is 6. The molecule has 4 rings (SSSR count). The van der Waals surface area contributed by atoms with Crippen molar-refractivity contribution in [2.45, 2.75) is 13.5 Å². The van der Waals surface area contributed by atoms with Crippen LogP contribution in [-0.4, -0.2) is 12.1 Å². The molecule has 0 spiro atoms. The Labute approximate surface area is 175 Å². The van der Waals surface area contributed by atoms with Gasteiger partial charge >= 0.3 is 0 Å². The van der Waals surface area contributed by atoms with Gasteiger partial charge in [-0.25, -0.2) is 4.73 Å². The first-order valence-electron chi connectivity index (χ1n) is 9.66. The van der Waals surface area contributed by atoms with Crippen LogP contribution in [0.15, 0.2) is 85.2 Å². The molecule has 1 heterocycles. The van der Waals surface area contributed by atoms with Gasteiger partial charge in [-0.3, -0.25) is 0 Å². The Kier molecular flexibility index (Phi) is 5.61. The van der Waals surface area contributed by atoms with Gasteiger partial charge in [0.05, 0.1) is 12.7 Å². The third-order valence-electron chi connectivity index (χ3n) is 4.90. The Morgan fingerprint density at radius 2 is 1.67 bits per heavy atom. The van der Waals surface area contributed by atoms with Crippen molar-refractivity contribution in [1.29, 1.82) is 0 Å². The molecular weight excluding hydrogens is 376 g/mol. The van der Waals surface area contributed by atoms with E-state index in [-0.39, 0.29) is 0 Å². The van der Waals surface area contributed by atoms with Crippen LogP contribution in [0.1, 0.15) is 11.1 Å². The van der Waals surface area contributed by atoms with Crippen molar-refractivity contribution in [3.63, 3.8) is 0 Å². The Balaban J connectivity index is 1.62. The van der Waals surface area contributed by atoms with Gasteiger partial charge in [-0.15, -0.1) is 0 Å². The molecule has 5 nitrogen and oxygen atoms in total. The van der Waals surface area contributed by atoms with Crippen molar-refractivity contribution >= 4 is 0 Å². The molecule has 0 radical (unpaired) electrons. The largest absolute Gasteiger partial charge is 0.710 e. The van der Waals surface area contributed by atoms with E-state index in [2.05, 4.69) is 4.98 Å². The summed E-state index contributed by atoms with van der Waals surface area (Å²) in [6.45, 7) is 2.51.